The molecule has 3 aromatic rings. The van der Waals surface area contributed by atoms with Crippen LogP contribution < -0.4 is 19.1 Å². The van der Waals surface area contributed by atoms with Gasteiger partial charge in [0, 0.05) is 23.9 Å². The predicted octanol–water partition coefficient (Wildman–Crippen LogP) is 4.79. The molecule has 0 bridgehead atoms. The molecule has 1 atom stereocenters. The van der Waals surface area contributed by atoms with Crippen molar-refractivity contribution in [3.63, 3.8) is 0 Å². The minimum absolute atomic E-state index is 0.154. The number of hydrogen-bond acceptors (Lipinski definition) is 9. The lowest BCUT2D eigenvalue weighted by Gasteiger charge is -2.31. The number of para-hydroxylation sites is 1. The van der Waals surface area contributed by atoms with Crippen molar-refractivity contribution in [3.05, 3.63) is 46.4 Å². The number of hydrogen-bond donors (Lipinski definition) is 0. The fourth-order valence-electron chi connectivity index (χ4n) is 3.63. The Morgan fingerprint density at radius 2 is 1.97 bits per heavy atom. The summed E-state index contributed by atoms with van der Waals surface area (Å²) in [5.74, 6) is -0.149. The van der Waals surface area contributed by atoms with Gasteiger partial charge in [-0.2, -0.15) is 4.98 Å². The first-order valence-electron chi connectivity index (χ1n) is 10.3. The van der Waals surface area contributed by atoms with E-state index < -0.39 is 12.2 Å². The Balaban J connectivity index is 2.02. The van der Waals surface area contributed by atoms with E-state index in [0.717, 1.165) is 0 Å². The average Bonchev–Trinajstić information content (AvgIpc) is 2.94. The summed E-state index contributed by atoms with van der Waals surface area (Å²) in [6.45, 7) is 4.89. The van der Waals surface area contributed by atoms with Gasteiger partial charge in [0.25, 0.3) is 0 Å². The largest absolute Gasteiger partial charge is 0.490 e. The van der Waals surface area contributed by atoms with Crippen molar-refractivity contribution < 1.29 is 23.8 Å². The lowest BCUT2D eigenvalue weighted by Crippen LogP contribution is -2.36. The van der Waals surface area contributed by atoms with Gasteiger partial charge in [-0.25, -0.2) is 0 Å². The smallest absolute Gasteiger partial charge is 0.308 e. The Morgan fingerprint density at radius 1 is 1.21 bits per heavy atom. The lowest BCUT2D eigenvalue weighted by molar-refractivity contribution is -0.132. The molecule has 1 aliphatic heterocycles. The summed E-state index contributed by atoms with van der Waals surface area (Å²) in [4.78, 5) is 31.0. The van der Waals surface area contributed by atoms with Crippen LogP contribution in [0.2, 0.25) is 0 Å². The van der Waals surface area contributed by atoms with Crippen molar-refractivity contribution in [2.75, 3.05) is 17.8 Å². The normalized spacial score (nSPS) is 14.4. The number of anilines is 1. The zero-order chi connectivity index (χ0) is 24.4. The van der Waals surface area contributed by atoms with E-state index in [1.165, 1.54) is 30.5 Å². The van der Waals surface area contributed by atoms with Gasteiger partial charge in [0.05, 0.1) is 17.9 Å². The number of benzene rings is 2. The van der Waals surface area contributed by atoms with Crippen LogP contribution in [-0.4, -0.2) is 39.9 Å². The number of halogens is 1. The standard InChI is InChI=1S/C23H21BrN4O5S/c1-5-31-18-11-14(24)10-16(20(18)32-13(3)30)22-28(12(2)29)17-9-7-6-8-15(17)19-21(33-22)25-23(34-4)27-26-19/h6-11,22H,5H2,1-4H3. The van der Waals surface area contributed by atoms with Crippen LogP contribution in [-0.2, 0) is 9.59 Å². The summed E-state index contributed by atoms with van der Waals surface area (Å²) in [5.41, 5.74) is 1.99. The number of carbonyl (C=O) groups excluding carboxylic acids is 2. The third-order valence-electron chi connectivity index (χ3n) is 4.89. The first-order chi connectivity index (χ1) is 16.3. The van der Waals surface area contributed by atoms with Crippen LogP contribution >= 0.6 is 27.7 Å². The molecule has 2 heterocycles. The van der Waals surface area contributed by atoms with Crippen LogP contribution in [0.1, 0.15) is 32.6 Å². The molecule has 1 aliphatic rings. The van der Waals surface area contributed by atoms with E-state index in [0.29, 0.717) is 44.5 Å². The van der Waals surface area contributed by atoms with Gasteiger partial charge >= 0.3 is 5.97 Å². The molecule has 0 spiro atoms. The highest BCUT2D eigenvalue weighted by Crippen LogP contribution is 2.47. The molecule has 34 heavy (non-hydrogen) atoms. The summed E-state index contributed by atoms with van der Waals surface area (Å²) < 4.78 is 18.3. The summed E-state index contributed by atoms with van der Waals surface area (Å²) in [6.07, 6.45) is 0.784. The van der Waals surface area contributed by atoms with Crippen LogP contribution in [0, 0.1) is 0 Å². The Bertz CT molecular complexity index is 1270. The fraction of sp³-hybridized carbons (Fsp3) is 0.261. The molecule has 0 saturated carbocycles. The Morgan fingerprint density at radius 3 is 2.65 bits per heavy atom. The first-order valence-corrected chi connectivity index (χ1v) is 12.3. The molecule has 1 aromatic heterocycles. The minimum Gasteiger partial charge on any atom is -0.490 e. The van der Waals surface area contributed by atoms with Gasteiger partial charge in [-0.1, -0.05) is 45.9 Å². The molecule has 2 aromatic carbocycles. The molecule has 1 unspecified atom stereocenters. The molecule has 1 amide bonds. The minimum atomic E-state index is -1.04. The molecule has 11 heteroatoms. The molecule has 4 rings (SSSR count). The number of rotatable bonds is 5. The summed E-state index contributed by atoms with van der Waals surface area (Å²) in [7, 11) is 0. The highest BCUT2D eigenvalue weighted by Gasteiger charge is 2.37. The van der Waals surface area contributed by atoms with Crippen LogP contribution in [0.5, 0.6) is 17.4 Å². The van der Waals surface area contributed by atoms with E-state index in [1.54, 1.807) is 18.2 Å². The number of aromatic nitrogens is 3. The van der Waals surface area contributed by atoms with Crippen LogP contribution in [0.3, 0.4) is 0 Å². The maximum absolute atomic E-state index is 13.0. The van der Waals surface area contributed by atoms with Crippen LogP contribution in [0.4, 0.5) is 5.69 Å². The monoisotopic (exact) mass is 544 g/mol. The van der Waals surface area contributed by atoms with Gasteiger partial charge in [0.1, 0.15) is 0 Å². The summed E-state index contributed by atoms with van der Waals surface area (Å²) >= 11 is 4.81. The van der Waals surface area contributed by atoms with Gasteiger partial charge in [-0.3, -0.25) is 14.5 Å². The van der Waals surface area contributed by atoms with Gasteiger partial charge in [0.2, 0.25) is 23.2 Å². The molecular formula is C23H21BrN4O5S. The van der Waals surface area contributed by atoms with E-state index in [4.69, 9.17) is 14.2 Å². The number of thioether (sulfide) groups is 1. The highest BCUT2D eigenvalue weighted by atomic mass is 79.9. The third kappa shape index (κ3) is 4.58. The molecular weight excluding hydrogens is 524 g/mol. The van der Waals surface area contributed by atoms with E-state index >= 15 is 0 Å². The van der Waals surface area contributed by atoms with Crippen molar-refractivity contribution >= 4 is 45.3 Å². The van der Waals surface area contributed by atoms with Crippen molar-refractivity contribution in [1.82, 2.24) is 15.2 Å². The number of carbonyl (C=O) groups is 2. The average molecular weight is 545 g/mol. The highest BCUT2D eigenvalue weighted by molar-refractivity contribution is 9.10. The second-order valence-electron chi connectivity index (χ2n) is 7.18. The Hall–Kier alpha value is -3.18. The maximum atomic E-state index is 13.0. The number of fused-ring (bicyclic) bond motifs is 3. The SMILES string of the molecule is CCOc1cc(Br)cc(C2Oc3nc(SC)nnc3-c3ccccc3N2C(C)=O)c1OC(C)=O. The molecule has 0 fully saturated rings. The zero-order valence-electron chi connectivity index (χ0n) is 18.9. The summed E-state index contributed by atoms with van der Waals surface area (Å²) in [6, 6.07) is 10.7. The lowest BCUT2D eigenvalue weighted by atomic mass is 10.1. The fourth-order valence-corrected chi connectivity index (χ4v) is 4.38. The predicted molar refractivity (Wildman–Crippen MR) is 130 cm³/mol. The zero-order valence-corrected chi connectivity index (χ0v) is 21.3. The number of nitrogens with zero attached hydrogens (tertiary/aromatic N) is 4. The molecule has 9 nitrogen and oxygen atoms in total. The molecule has 0 N–H and O–H groups in total. The molecule has 0 aliphatic carbocycles. The van der Waals surface area contributed by atoms with Crippen molar-refractivity contribution in [1.29, 1.82) is 0 Å². The Labute approximate surface area is 209 Å². The van der Waals surface area contributed by atoms with Crippen molar-refractivity contribution in [2.24, 2.45) is 0 Å². The quantitative estimate of drug-likeness (QED) is 0.254. The van der Waals surface area contributed by atoms with Gasteiger partial charge < -0.3 is 14.2 Å². The number of amides is 1. The van der Waals surface area contributed by atoms with Crippen LogP contribution in [0.15, 0.2) is 46.0 Å². The van der Waals surface area contributed by atoms with Crippen LogP contribution in [0.25, 0.3) is 11.3 Å². The summed E-state index contributed by atoms with van der Waals surface area (Å²) in [5, 5.41) is 8.90. The maximum Gasteiger partial charge on any atom is 0.308 e. The second kappa shape index (κ2) is 9.98. The first kappa shape index (κ1) is 24.0. The third-order valence-corrected chi connectivity index (χ3v) is 5.89. The van der Waals surface area contributed by atoms with E-state index in [-0.39, 0.29) is 17.5 Å². The van der Waals surface area contributed by atoms with Crippen molar-refractivity contribution in [2.45, 2.75) is 32.2 Å². The van der Waals surface area contributed by atoms with Crippen molar-refractivity contribution in [3.8, 4) is 28.6 Å². The molecule has 0 saturated heterocycles. The van der Waals surface area contributed by atoms with E-state index in [9.17, 15) is 9.59 Å². The number of ether oxygens (including phenoxy) is 3. The molecule has 176 valence electrons. The topological polar surface area (TPSA) is 104 Å². The van der Waals surface area contributed by atoms with Gasteiger partial charge in [-0.05, 0) is 31.4 Å². The molecule has 0 radical (unpaired) electrons. The Kier molecular flexibility index (Phi) is 7.03. The van der Waals surface area contributed by atoms with E-state index in [2.05, 4.69) is 31.1 Å². The van der Waals surface area contributed by atoms with E-state index in [1.807, 2.05) is 31.4 Å². The second-order valence-corrected chi connectivity index (χ2v) is 8.87. The number of esters is 1. The van der Waals surface area contributed by atoms with Gasteiger partial charge in [0.15, 0.2) is 17.2 Å². The van der Waals surface area contributed by atoms with Gasteiger partial charge in [-0.15, -0.1) is 10.2 Å².